The Bertz CT molecular complexity index is 328. The summed E-state index contributed by atoms with van der Waals surface area (Å²) in [5.41, 5.74) is 6.86. The number of hydrogen-bond donors (Lipinski definition) is 1. The molecule has 0 spiro atoms. The fourth-order valence-electron chi connectivity index (χ4n) is 1.44. The van der Waals surface area contributed by atoms with Gasteiger partial charge in [0.2, 0.25) is 0 Å². The van der Waals surface area contributed by atoms with E-state index in [4.69, 9.17) is 17.3 Å². The van der Waals surface area contributed by atoms with Crippen LogP contribution in [0.25, 0.3) is 0 Å². The number of hydrogen-bond acceptors (Lipinski definition) is 1. The lowest BCUT2D eigenvalue weighted by atomic mass is 9.91. The summed E-state index contributed by atoms with van der Waals surface area (Å²) < 4.78 is 13.1. The fraction of sp³-hybridized carbons (Fsp3) is 0.400. The molecule has 2 N–H and O–H groups in total. The molecule has 0 bridgehead atoms. The van der Waals surface area contributed by atoms with Gasteiger partial charge in [0.15, 0.2) is 0 Å². The molecule has 3 heteroatoms. The number of rotatable bonds is 1. The van der Waals surface area contributed by atoms with Gasteiger partial charge in [-0.25, -0.2) is 4.39 Å². The molecule has 0 unspecified atom stereocenters. The van der Waals surface area contributed by atoms with Gasteiger partial charge in [-0.1, -0.05) is 17.7 Å². The van der Waals surface area contributed by atoms with Crippen molar-refractivity contribution in [2.75, 3.05) is 0 Å². The Labute approximate surface area is 82.7 Å². The first-order chi connectivity index (χ1) is 5.84. The van der Waals surface area contributed by atoms with Gasteiger partial charge in [-0.2, -0.15) is 0 Å². The van der Waals surface area contributed by atoms with Crippen LogP contribution in [0.4, 0.5) is 4.39 Å². The normalized spacial score (nSPS) is 11.8. The lowest BCUT2D eigenvalue weighted by Gasteiger charge is -2.23. The van der Waals surface area contributed by atoms with Crippen molar-refractivity contribution in [3.8, 4) is 0 Å². The van der Waals surface area contributed by atoms with Crippen molar-refractivity contribution >= 4 is 11.6 Å². The maximum absolute atomic E-state index is 13.1. The largest absolute Gasteiger partial charge is 0.322 e. The van der Waals surface area contributed by atoms with Crippen molar-refractivity contribution in [2.45, 2.75) is 26.3 Å². The molecule has 0 radical (unpaired) electrons. The third kappa shape index (κ3) is 2.01. The van der Waals surface area contributed by atoms with Crippen molar-refractivity contribution in [3.63, 3.8) is 0 Å². The maximum atomic E-state index is 13.1. The van der Waals surface area contributed by atoms with E-state index in [1.807, 2.05) is 6.92 Å². The third-order valence-electron chi connectivity index (χ3n) is 1.95. The molecule has 1 aromatic carbocycles. The van der Waals surface area contributed by atoms with Gasteiger partial charge in [0.05, 0.1) is 5.02 Å². The molecule has 0 aliphatic carbocycles. The predicted octanol–water partition coefficient (Wildman–Crippen LogP) is 2.98. The SMILES string of the molecule is Cc1ccc(F)c(Cl)c1C(C)(C)N. The Balaban J connectivity index is 3.43. The molecule has 0 aliphatic rings. The first-order valence-corrected chi connectivity index (χ1v) is 4.46. The Hall–Kier alpha value is -0.600. The molecule has 13 heavy (non-hydrogen) atoms. The average Bonchev–Trinajstić information content (AvgIpc) is 1.95. The molecular weight excluding hydrogens is 189 g/mol. The summed E-state index contributed by atoms with van der Waals surface area (Å²) in [5, 5.41) is 0.132. The lowest BCUT2D eigenvalue weighted by molar-refractivity contribution is 0.540. The van der Waals surface area contributed by atoms with Gasteiger partial charge >= 0.3 is 0 Å². The summed E-state index contributed by atoms with van der Waals surface area (Å²) in [7, 11) is 0. The van der Waals surface area contributed by atoms with Gasteiger partial charge in [0.25, 0.3) is 0 Å². The molecule has 0 atom stereocenters. The summed E-state index contributed by atoms with van der Waals surface area (Å²) in [6.07, 6.45) is 0. The highest BCUT2D eigenvalue weighted by molar-refractivity contribution is 6.31. The smallest absolute Gasteiger partial charge is 0.142 e. The van der Waals surface area contributed by atoms with Crippen molar-refractivity contribution in [1.29, 1.82) is 0 Å². The molecule has 0 aliphatic heterocycles. The highest BCUT2D eigenvalue weighted by atomic mass is 35.5. The van der Waals surface area contributed by atoms with Crippen LogP contribution in [-0.4, -0.2) is 0 Å². The maximum Gasteiger partial charge on any atom is 0.142 e. The van der Waals surface area contributed by atoms with Gasteiger partial charge in [0, 0.05) is 5.54 Å². The summed E-state index contributed by atoms with van der Waals surface area (Å²) >= 11 is 5.83. The van der Waals surface area contributed by atoms with Gasteiger partial charge in [-0.3, -0.25) is 0 Å². The summed E-state index contributed by atoms with van der Waals surface area (Å²) in [6, 6.07) is 3.04. The number of nitrogens with two attached hydrogens (primary N) is 1. The lowest BCUT2D eigenvalue weighted by Crippen LogP contribution is -2.30. The predicted molar refractivity (Wildman–Crippen MR) is 53.4 cm³/mol. The van der Waals surface area contributed by atoms with Crippen LogP contribution >= 0.6 is 11.6 Å². The monoisotopic (exact) mass is 201 g/mol. The molecule has 72 valence electrons. The standard InChI is InChI=1S/C10H13ClFN/c1-6-4-5-7(12)9(11)8(6)10(2,3)13/h4-5H,13H2,1-3H3. The van der Waals surface area contributed by atoms with Crippen molar-refractivity contribution < 1.29 is 4.39 Å². The zero-order valence-electron chi connectivity index (χ0n) is 7.99. The highest BCUT2D eigenvalue weighted by Crippen LogP contribution is 2.30. The van der Waals surface area contributed by atoms with Gasteiger partial charge in [-0.15, -0.1) is 0 Å². The summed E-state index contributed by atoms with van der Waals surface area (Å²) in [6.45, 7) is 5.48. The Kier molecular flexibility index (Phi) is 2.64. The van der Waals surface area contributed by atoms with Crippen LogP contribution < -0.4 is 5.73 Å². The first kappa shape index (κ1) is 10.5. The van der Waals surface area contributed by atoms with Crippen LogP contribution in [0.5, 0.6) is 0 Å². The third-order valence-corrected chi connectivity index (χ3v) is 2.32. The van der Waals surface area contributed by atoms with Crippen molar-refractivity contribution in [2.24, 2.45) is 5.73 Å². The van der Waals surface area contributed by atoms with E-state index >= 15 is 0 Å². The second kappa shape index (κ2) is 3.28. The van der Waals surface area contributed by atoms with Gasteiger partial charge < -0.3 is 5.73 Å². The van der Waals surface area contributed by atoms with Gasteiger partial charge in [0.1, 0.15) is 5.82 Å². The van der Waals surface area contributed by atoms with Crippen molar-refractivity contribution in [3.05, 3.63) is 34.1 Å². The van der Waals surface area contributed by atoms with Crippen LogP contribution in [0.2, 0.25) is 5.02 Å². The van der Waals surface area contributed by atoms with E-state index in [1.54, 1.807) is 19.9 Å². The Morgan fingerprint density at radius 3 is 2.31 bits per heavy atom. The minimum atomic E-state index is -0.608. The second-order valence-corrected chi connectivity index (χ2v) is 4.15. The van der Waals surface area contributed by atoms with Crippen LogP contribution in [0.1, 0.15) is 25.0 Å². The topological polar surface area (TPSA) is 26.0 Å². The van der Waals surface area contributed by atoms with E-state index in [1.165, 1.54) is 6.07 Å². The van der Waals surface area contributed by atoms with Crippen LogP contribution in [-0.2, 0) is 5.54 Å². The molecule has 0 saturated heterocycles. The number of aryl methyl sites for hydroxylation is 1. The first-order valence-electron chi connectivity index (χ1n) is 4.08. The molecule has 1 rings (SSSR count). The minimum Gasteiger partial charge on any atom is -0.322 e. The number of benzene rings is 1. The molecule has 0 amide bonds. The summed E-state index contributed by atoms with van der Waals surface area (Å²) in [5.74, 6) is -0.416. The molecule has 0 saturated carbocycles. The van der Waals surface area contributed by atoms with Gasteiger partial charge in [-0.05, 0) is 38.0 Å². The van der Waals surface area contributed by atoms with Crippen LogP contribution in [0, 0.1) is 12.7 Å². The second-order valence-electron chi connectivity index (χ2n) is 3.77. The molecular formula is C10H13ClFN. The van der Waals surface area contributed by atoms with E-state index in [9.17, 15) is 4.39 Å². The zero-order chi connectivity index (χ0) is 10.2. The van der Waals surface area contributed by atoms with E-state index in [0.717, 1.165) is 5.56 Å². The average molecular weight is 202 g/mol. The Morgan fingerprint density at radius 1 is 1.38 bits per heavy atom. The quantitative estimate of drug-likeness (QED) is 0.743. The Morgan fingerprint density at radius 2 is 1.92 bits per heavy atom. The highest BCUT2D eigenvalue weighted by Gasteiger charge is 2.22. The van der Waals surface area contributed by atoms with Crippen LogP contribution in [0.3, 0.4) is 0 Å². The molecule has 0 fully saturated rings. The number of halogens is 2. The van der Waals surface area contributed by atoms with E-state index in [-0.39, 0.29) is 5.02 Å². The molecule has 0 heterocycles. The minimum absolute atomic E-state index is 0.132. The van der Waals surface area contributed by atoms with Crippen molar-refractivity contribution in [1.82, 2.24) is 0 Å². The van der Waals surface area contributed by atoms with E-state index in [0.29, 0.717) is 5.56 Å². The summed E-state index contributed by atoms with van der Waals surface area (Å²) in [4.78, 5) is 0. The fourth-order valence-corrected chi connectivity index (χ4v) is 1.89. The zero-order valence-corrected chi connectivity index (χ0v) is 8.74. The van der Waals surface area contributed by atoms with E-state index < -0.39 is 11.4 Å². The molecule has 1 aromatic rings. The molecule has 0 aromatic heterocycles. The van der Waals surface area contributed by atoms with Crippen LogP contribution in [0.15, 0.2) is 12.1 Å². The molecule has 1 nitrogen and oxygen atoms in total. The van der Waals surface area contributed by atoms with E-state index in [2.05, 4.69) is 0 Å².